The fourth-order valence-electron chi connectivity index (χ4n) is 2.09. The van der Waals surface area contributed by atoms with E-state index in [4.69, 9.17) is 5.11 Å². The second-order valence-electron chi connectivity index (χ2n) is 4.14. The molecule has 1 aliphatic carbocycles. The van der Waals surface area contributed by atoms with Gasteiger partial charge in [0.05, 0.1) is 5.52 Å². The van der Waals surface area contributed by atoms with Crippen molar-refractivity contribution < 1.29 is 14.3 Å². The van der Waals surface area contributed by atoms with Gasteiger partial charge in [-0.05, 0) is 37.1 Å². The van der Waals surface area contributed by atoms with Crippen molar-refractivity contribution in [3.05, 3.63) is 35.8 Å². The van der Waals surface area contributed by atoms with E-state index in [1.807, 2.05) is 0 Å². The molecule has 1 saturated carbocycles. The molecule has 0 unspecified atom stereocenters. The molecule has 1 aromatic carbocycles. The van der Waals surface area contributed by atoms with Crippen LogP contribution in [0, 0.1) is 5.82 Å². The van der Waals surface area contributed by atoms with E-state index >= 15 is 0 Å². The van der Waals surface area contributed by atoms with Gasteiger partial charge < -0.3 is 9.67 Å². The molecule has 3 nitrogen and oxygen atoms in total. The van der Waals surface area contributed by atoms with Gasteiger partial charge in [-0.2, -0.15) is 0 Å². The molecular formula is C12H10FNO2. The summed E-state index contributed by atoms with van der Waals surface area (Å²) in [5, 5.41) is 9.88. The summed E-state index contributed by atoms with van der Waals surface area (Å²) >= 11 is 0. The van der Waals surface area contributed by atoms with E-state index in [1.165, 1.54) is 12.1 Å². The summed E-state index contributed by atoms with van der Waals surface area (Å²) in [4.78, 5) is 11.1. The highest BCUT2D eigenvalue weighted by Crippen LogP contribution is 2.39. The molecule has 0 spiro atoms. The molecule has 0 saturated heterocycles. The number of hydrogen-bond donors (Lipinski definition) is 1. The first-order valence-corrected chi connectivity index (χ1v) is 5.20. The Morgan fingerprint density at radius 2 is 2.12 bits per heavy atom. The number of hydrogen-bond acceptors (Lipinski definition) is 1. The zero-order valence-electron chi connectivity index (χ0n) is 8.48. The molecule has 1 fully saturated rings. The highest BCUT2D eigenvalue weighted by atomic mass is 19.1. The minimum Gasteiger partial charge on any atom is -0.477 e. The summed E-state index contributed by atoms with van der Waals surface area (Å²) in [5.74, 6) is -1.28. The Balaban J connectivity index is 2.33. The molecular weight excluding hydrogens is 209 g/mol. The van der Waals surface area contributed by atoms with Gasteiger partial charge >= 0.3 is 5.97 Å². The Bertz CT molecular complexity index is 584. The fraction of sp³-hybridized carbons (Fsp3) is 0.250. The van der Waals surface area contributed by atoms with Crippen LogP contribution in [-0.4, -0.2) is 15.6 Å². The molecule has 4 heteroatoms. The van der Waals surface area contributed by atoms with Crippen molar-refractivity contribution in [1.82, 2.24) is 4.57 Å². The van der Waals surface area contributed by atoms with Crippen LogP contribution in [0.15, 0.2) is 24.3 Å². The largest absolute Gasteiger partial charge is 0.477 e. The summed E-state index contributed by atoms with van der Waals surface area (Å²) in [6.45, 7) is 0. The maximum Gasteiger partial charge on any atom is 0.352 e. The molecule has 1 aromatic heterocycles. The van der Waals surface area contributed by atoms with Gasteiger partial charge in [0.25, 0.3) is 0 Å². The van der Waals surface area contributed by atoms with E-state index in [2.05, 4.69) is 0 Å². The first-order chi connectivity index (χ1) is 7.66. The number of rotatable bonds is 2. The van der Waals surface area contributed by atoms with Crippen LogP contribution in [0.5, 0.6) is 0 Å². The van der Waals surface area contributed by atoms with Gasteiger partial charge in [-0.3, -0.25) is 0 Å². The summed E-state index contributed by atoms with van der Waals surface area (Å²) in [7, 11) is 0. The first kappa shape index (κ1) is 9.39. The van der Waals surface area contributed by atoms with Crippen molar-refractivity contribution in [2.75, 3.05) is 0 Å². The zero-order valence-corrected chi connectivity index (χ0v) is 8.48. The van der Waals surface area contributed by atoms with Crippen LogP contribution >= 0.6 is 0 Å². The Kier molecular flexibility index (Phi) is 1.80. The van der Waals surface area contributed by atoms with E-state index in [0.29, 0.717) is 5.52 Å². The predicted octanol–water partition coefficient (Wildman–Crippen LogP) is 2.81. The van der Waals surface area contributed by atoms with E-state index in [1.54, 1.807) is 16.7 Å². The monoisotopic (exact) mass is 219 g/mol. The van der Waals surface area contributed by atoms with Crippen LogP contribution in [0.2, 0.25) is 0 Å². The van der Waals surface area contributed by atoms with Crippen LogP contribution < -0.4 is 0 Å². The smallest absolute Gasteiger partial charge is 0.352 e. The Hall–Kier alpha value is -1.84. The average Bonchev–Trinajstić information content (AvgIpc) is 2.99. The van der Waals surface area contributed by atoms with Crippen molar-refractivity contribution >= 4 is 16.9 Å². The lowest BCUT2D eigenvalue weighted by molar-refractivity contribution is 0.0685. The number of aromatic nitrogens is 1. The number of fused-ring (bicyclic) bond motifs is 1. The van der Waals surface area contributed by atoms with Gasteiger partial charge in [0.15, 0.2) is 0 Å². The van der Waals surface area contributed by atoms with Crippen molar-refractivity contribution in [1.29, 1.82) is 0 Å². The second kappa shape index (κ2) is 3.07. The lowest BCUT2D eigenvalue weighted by Crippen LogP contribution is -2.06. The molecule has 0 bridgehead atoms. The topological polar surface area (TPSA) is 42.2 Å². The van der Waals surface area contributed by atoms with Crippen molar-refractivity contribution in [2.24, 2.45) is 0 Å². The molecule has 3 rings (SSSR count). The van der Waals surface area contributed by atoms with Crippen LogP contribution in [0.4, 0.5) is 4.39 Å². The number of carboxylic acids is 1. The van der Waals surface area contributed by atoms with E-state index < -0.39 is 5.97 Å². The molecule has 1 N–H and O–H groups in total. The molecule has 0 radical (unpaired) electrons. The number of halogens is 1. The third-order valence-corrected chi connectivity index (χ3v) is 2.93. The minimum atomic E-state index is -0.955. The van der Waals surface area contributed by atoms with Crippen molar-refractivity contribution in [3.63, 3.8) is 0 Å². The van der Waals surface area contributed by atoms with Crippen LogP contribution in [0.3, 0.4) is 0 Å². The van der Waals surface area contributed by atoms with E-state index in [0.717, 1.165) is 18.2 Å². The molecule has 0 amide bonds. The molecule has 0 atom stereocenters. The average molecular weight is 219 g/mol. The summed E-state index contributed by atoms with van der Waals surface area (Å²) < 4.78 is 14.9. The number of nitrogens with zero attached hydrogens (tertiary/aromatic N) is 1. The summed E-state index contributed by atoms with van der Waals surface area (Å²) in [5.41, 5.74) is 0.933. The summed E-state index contributed by atoms with van der Waals surface area (Å²) in [6.07, 6.45) is 1.95. The van der Waals surface area contributed by atoms with Gasteiger partial charge in [-0.15, -0.1) is 0 Å². The fourth-order valence-corrected chi connectivity index (χ4v) is 2.09. The van der Waals surface area contributed by atoms with E-state index in [-0.39, 0.29) is 17.6 Å². The Labute approximate surface area is 91.1 Å². The normalized spacial score (nSPS) is 15.6. The standard InChI is InChI=1S/C12H10FNO2/c13-8-2-1-7-5-11(12(15)16)14(9-3-4-9)10(7)6-8/h1-2,5-6,9H,3-4H2,(H,15,16). The van der Waals surface area contributed by atoms with Gasteiger partial charge in [-0.25, -0.2) is 9.18 Å². The predicted molar refractivity (Wildman–Crippen MR) is 57.1 cm³/mol. The molecule has 16 heavy (non-hydrogen) atoms. The van der Waals surface area contributed by atoms with Gasteiger partial charge in [-0.1, -0.05) is 0 Å². The van der Waals surface area contributed by atoms with Crippen molar-refractivity contribution in [3.8, 4) is 0 Å². The van der Waals surface area contributed by atoms with Gasteiger partial charge in [0.2, 0.25) is 0 Å². The third kappa shape index (κ3) is 1.30. The quantitative estimate of drug-likeness (QED) is 0.843. The molecule has 1 aliphatic rings. The second-order valence-corrected chi connectivity index (χ2v) is 4.14. The van der Waals surface area contributed by atoms with Crippen LogP contribution in [0.1, 0.15) is 29.4 Å². The van der Waals surface area contributed by atoms with Crippen molar-refractivity contribution in [2.45, 2.75) is 18.9 Å². The van der Waals surface area contributed by atoms with Crippen LogP contribution in [-0.2, 0) is 0 Å². The molecule has 1 heterocycles. The summed E-state index contributed by atoms with van der Waals surface area (Å²) in [6, 6.07) is 6.21. The van der Waals surface area contributed by atoms with Gasteiger partial charge in [0.1, 0.15) is 11.5 Å². The lowest BCUT2D eigenvalue weighted by atomic mass is 10.2. The number of aromatic carboxylic acids is 1. The molecule has 82 valence electrons. The Morgan fingerprint density at radius 1 is 1.38 bits per heavy atom. The lowest BCUT2D eigenvalue weighted by Gasteiger charge is -2.05. The first-order valence-electron chi connectivity index (χ1n) is 5.20. The minimum absolute atomic E-state index is 0.227. The number of carboxylic acid groups (broad SMARTS) is 1. The van der Waals surface area contributed by atoms with Crippen LogP contribution in [0.25, 0.3) is 10.9 Å². The highest BCUT2D eigenvalue weighted by molar-refractivity contribution is 5.94. The molecule has 0 aliphatic heterocycles. The molecule has 2 aromatic rings. The van der Waals surface area contributed by atoms with E-state index in [9.17, 15) is 9.18 Å². The highest BCUT2D eigenvalue weighted by Gasteiger charge is 2.29. The Morgan fingerprint density at radius 3 is 2.75 bits per heavy atom. The number of carbonyl (C=O) groups is 1. The number of benzene rings is 1. The SMILES string of the molecule is O=C(O)c1cc2ccc(F)cc2n1C1CC1. The maximum absolute atomic E-state index is 13.2. The zero-order chi connectivity index (χ0) is 11.3. The van der Waals surface area contributed by atoms with Gasteiger partial charge in [0, 0.05) is 11.4 Å². The third-order valence-electron chi connectivity index (χ3n) is 2.93. The maximum atomic E-state index is 13.2.